The lowest BCUT2D eigenvalue weighted by atomic mass is 10.1. The molecule has 2 fully saturated rings. The minimum absolute atomic E-state index is 0. The molecule has 2 saturated heterocycles. The van der Waals surface area contributed by atoms with E-state index in [1.54, 1.807) is 11.3 Å². The van der Waals surface area contributed by atoms with Crippen molar-refractivity contribution in [1.82, 2.24) is 15.5 Å². The molecule has 3 rings (SSSR count). The summed E-state index contributed by atoms with van der Waals surface area (Å²) in [5, 5.41) is 10.2. The maximum atomic E-state index is 12.5. The molecule has 0 aromatic carbocycles. The van der Waals surface area contributed by atoms with Gasteiger partial charge in [0.05, 0.1) is 11.5 Å². The second kappa shape index (κ2) is 11.6. The zero-order chi connectivity index (χ0) is 20.0. The first-order valence-electron chi connectivity index (χ1n) is 10.1. The zero-order valence-corrected chi connectivity index (χ0v) is 19.9. The van der Waals surface area contributed by atoms with Crippen molar-refractivity contribution in [2.24, 2.45) is 10.9 Å². The van der Waals surface area contributed by atoms with Crippen LogP contribution in [0.5, 0.6) is 0 Å². The van der Waals surface area contributed by atoms with Crippen molar-refractivity contribution in [3.05, 3.63) is 17.5 Å². The number of guanidine groups is 1. The van der Waals surface area contributed by atoms with Crippen LogP contribution in [0.15, 0.2) is 22.5 Å². The predicted octanol–water partition coefficient (Wildman–Crippen LogP) is 3.77. The minimum atomic E-state index is -4.12. The molecule has 1 aromatic heterocycles. The molecule has 0 radical (unpaired) electrons. The number of hydrogen-bond donors (Lipinski definition) is 2. The average Bonchev–Trinajstić information content (AvgIpc) is 3.31. The summed E-state index contributed by atoms with van der Waals surface area (Å²) in [5.41, 5.74) is 0. The van der Waals surface area contributed by atoms with Gasteiger partial charge in [-0.3, -0.25) is 9.89 Å². The van der Waals surface area contributed by atoms with Crippen molar-refractivity contribution < 1.29 is 13.2 Å². The number of rotatable bonds is 6. The van der Waals surface area contributed by atoms with Crippen molar-refractivity contribution in [3.8, 4) is 0 Å². The molecule has 0 spiro atoms. The Kier molecular flexibility index (Phi) is 9.80. The number of anilines is 1. The number of alkyl halides is 3. The van der Waals surface area contributed by atoms with Gasteiger partial charge in [-0.05, 0) is 56.2 Å². The molecule has 166 valence electrons. The van der Waals surface area contributed by atoms with Crippen LogP contribution >= 0.6 is 35.3 Å². The Labute approximate surface area is 192 Å². The average molecular weight is 545 g/mol. The lowest BCUT2D eigenvalue weighted by molar-refractivity contribution is -0.143. The molecule has 29 heavy (non-hydrogen) atoms. The smallest absolute Gasteiger partial charge is 0.363 e. The highest BCUT2D eigenvalue weighted by atomic mass is 127. The summed E-state index contributed by atoms with van der Waals surface area (Å²) in [6.07, 6.45) is -1.25. The molecule has 0 amide bonds. The van der Waals surface area contributed by atoms with Crippen molar-refractivity contribution in [3.63, 3.8) is 0 Å². The fraction of sp³-hybridized carbons (Fsp3) is 0.737. The Balaban J connectivity index is 0.00000300. The van der Waals surface area contributed by atoms with Gasteiger partial charge in [0.25, 0.3) is 0 Å². The van der Waals surface area contributed by atoms with Gasteiger partial charge in [-0.1, -0.05) is 0 Å². The highest BCUT2D eigenvalue weighted by Crippen LogP contribution is 2.25. The van der Waals surface area contributed by atoms with Gasteiger partial charge in [0.15, 0.2) is 5.96 Å². The first kappa shape index (κ1) is 24.5. The SMILES string of the molecule is CCNC(=NCC1CCN(CC(F)(F)F)C1)NC1CCN(c2cccs2)CC1.I. The maximum absolute atomic E-state index is 12.5. The van der Waals surface area contributed by atoms with Gasteiger partial charge in [0.2, 0.25) is 0 Å². The Morgan fingerprint density at radius 3 is 2.62 bits per heavy atom. The molecular weight excluding hydrogens is 514 g/mol. The molecule has 2 aliphatic heterocycles. The summed E-state index contributed by atoms with van der Waals surface area (Å²) in [6, 6.07) is 4.62. The van der Waals surface area contributed by atoms with E-state index >= 15 is 0 Å². The van der Waals surface area contributed by atoms with Gasteiger partial charge in [0, 0.05) is 38.8 Å². The second-order valence-electron chi connectivity index (χ2n) is 7.58. The summed E-state index contributed by atoms with van der Waals surface area (Å²) in [6.45, 7) is 5.57. The molecule has 1 aromatic rings. The van der Waals surface area contributed by atoms with Gasteiger partial charge in [0.1, 0.15) is 0 Å². The van der Waals surface area contributed by atoms with Crippen molar-refractivity contribution >= 4 is 46.3 Å². The lowest BCUT2D eigenvalue weighted by Crippen LogP contribution is -2.48. The van der Waals surface area contributed by atoms with E-state index in [9.17, 15) is 13.2 Å². The topological polar surface area (TPSA) is 42.9 Å². The van der Waals surface area contributed by atoms with Crippen molar-refractivity contribution in [1.29, 1.82) is 0 Å². The number of nitrogens with zero attached hydrogens (tertiary/aromatic N) is 3. The van der Waals surface area contributed by atoms with Crippen LogP contribution in [0.25, 0.3) is 0 Å². The second-order valence-corrected chi connectivity index (χ2v) is 8.51. The molecule has 3 heterocycles. The molecule has 0 bridgehead atoms. The Morgan fingerprint density at radius 2 is 2.00 bits per heavy atom. The van der Waals surface area contributed by atoms with Crippen LogP contribution in [-0.4, -0.2) is 68.9 Å². The molecule has 5 nitrogen and oxygen atoms in total. The molecule has 0 saturated carbocycles. The standard InChI is InChI=1S/C19H30F3N5S.HI/c1-2-23-18(24-12-15-5-8-26(13-15)14-19(20,21)22)25-16-6-9-27(10-7-16)17-4-3-11-28-17;/h3-4,11,15-16H,2,5-10,12-14H2,1H3,(H2,23,24,25);1H. The van der Waals surface area contributed by atoms with Crippen LogP contribution in [0.4, 0.5) is 18.2 Å². The van der Waals surface area contributed by atoms with E-state index in [0.717, 1.165) is 44.9 Å². The first-order chi connectivity index (χ1) is 13.4. The van der Waals surface area contributed by atoms with Gasteiger partial charge >= 0.3 is 6.18 Å². The lowest BCUT2D eigenvalue weighted by Gasteiger charge is -2.33. The maximum Gasteiger partial charge on any atom is 0.401 e. The van der Waals surface area contributed by atoms with E-state index < -0.39 is 12.7 Å². The monoisotopic (exact) mass is 545 g/mol. The quantitative estimate of drug-likeness (QED) is 0.325. The molecule has 10 heteroatoms. The Morgan fingerprint density at radius 1 is 1.24 bits per heavy atom. The number of piperidine rings is 1. The van der Waals surface area contributed by atoms with E-state index in [2.05, 4.69) is 38.0 Å². The predicted molar refractivity (Wildman–Crippen MR) is 125 cm³/mol. The molecular formula is C19H31F3IN5S. The number of nitrogens with one attached hydrogen (secondary N) is 2. The summed E-state index contributed by atoms with van der Waals surface area (Å²) >= 11 is 1.77. The molecule has 2 N–H and O–H groups in total. The van der Waals surface area contributed by atoms with E-state index in [1.165, 1.54) is 9.90 Å². The summed E-state index contributed by atoms with van der Waals surface area (Å²) in [5.74, 6) is 0.977. The summed E-state index contributed by atoms with van der Waals surface area (Å²) in [7, 11) is 0. The Hall–Kier alpha value is -0.750. The zero-order valence-electron chi connectivity index (χ0n) is 16.7. The van der Waals surface area contributed by atoms with Gasteiger partial charge in [-0.25, -0.2) is 0 Å². The third kappa shape index (κ3) is 8.12. The fourth-order valence-electron chi connectivity index (χ4n) is 3.89. The highest BCUT2D eigenvalue weighted by Gasteiger charge is 2.34. The minimum Gasteiger partial charge on any atom is -0.363 e. The number of aliphatic imine (C=N–C) groups is 1. The summed E-state index contributed by atoms with van der Waals surface area (Å²) < 4.78 is 37.6. The number of halogens is 4. The molecule has 1 unspecified atom stereocenters. The number of likely N-dealkylation sites (tertiary alicyclic amines) is 1. The third-order valence-electron chi connectivity index (χ3n) is 5.28. The van der Waals surface area contributed by atoms with E-state index in [0.29, 0.717) is 25.7 Å². The fourth-order valence-corrected chi connectivity index (χ4v) is 4.67. The van der Waals surface area contributed by atoms with E-state index in [-0.39, 0.29) is 29.9 Å². The van der Waals surface area contributed by atoms with Gasteiger partial charge in [-0.15, -0.1) is 35.3 Å². The van der Waals surface area contributed by atoms with Crippen LogP contribution in [0, 0.1) is 5.92 Å². The number of thiophene rings is 1. The third-order valence-corrected chi connectivity index (χ3v) is 6.21. The summed E-state index contributed by atoms with van der Waals surface area (Å²) in [4.78, 5) is 8.57. The highest BCUT2D eigenvalue weighted by molar-refractivity contribution is 14.0. The van der Waals surface area contributed by atoms with Gasteiger partial charge < -0.3 is 15.5 Å². The largest absolute Gasteiger partial charge is 0.401 e. The molecule has 1 atom stereocenters. The van der Waals surface area contributed by atoms with Crippen molar-refractivity contribution in [2.45, 2.75) is 38.4 Å². The van der Waals surface area contributed by atoms with Crippen LogP contribution in [0.1, 0.15) is 26.2 Å². The molecule has 0 aliphatic carbocycles. The van der Waals surface area contributed by atoms with Crippen LogP contribution < -0.4 is 15.5 Å². The van der Waals surface area contributed by atoms with Crippen LogP contribution in [-0.2, 0) is 0 Å². The van der Waals surface area contributed by atoms with Gasteiger partial charge in [-0.2, -0.15) is 13.2 Å². The van der Waals surface area contributed by atoms with Crippen LogP contribution in [0.3, 0.4) is 0 Å². The van der Waals surface area contributed by atoms with Crippen molar-refractivity contribution in [2.75, 3.05) is 50.7 Å². The van der Waals surface area contributed by atoms with Crippen LogP contribution in [0.2, 0.25) is 0 Å². The van der Waals surface area contributed by atoms with E-state index in [1.807, 2.05) is 6.92 Å². The number of hydrogen-bond acceptors (Lipinski definition) is 4. The normalized spacial score (nSPS) is 21.9. The first-order valence-corrected chi connectivity index (χ1v) is 10.9. The molecule has 2 aliphatic rings. The van der Waals surface area contributed by atoms with E-state index in [4.69, 9.17) is 0 Å². The Bertz CT molecular complexity index is 618.